The Kier molecular flexibility index (Phi) is 16.4. The number of hydrogen-bond acceptors (Lipinski definition) is 4. The maximum Gasteiger partial charge on any atom is 0.217 e. The van der Waals surface area contributed by atoms with Crippen LogP contribution in [0.25, 0.3) is 0 Å². The van der Waals surface area contributed by atoms with Crippen LogP contribution in [0.2, 0.25) is 0 Å². The van der Waals surface area contributed by atoms with Crippen molar-refractivity contribution in [2.75, 3.05) is 6.61 Å². The van der Waals surface area contributed by atoms with Crippen LogP contribution in [0.15, 0.2) is 0 Å². The topological polar surface area (TPSA) is 89.8 Å². The first-order chi connectivity index (χ1) is 12.0. The van der Waals surface area contributed by atoms with Crippen LogP contribution in [0.5, 0.6) is 0 Å². The van der Waals surface area contributed by atoms with Gasteiger partial charge >= 0.3 is 0 Å². The summed E-state index contributed by atoms with van der Waals surface area (Å²) in [6.07, 6.45) is 13.5. The molecule has 0 aromatic heterocycles. The third-order valence-electron chi connectivity index (χ3n) is 4.75. The SMILES string of the molecule is CCCCCCCCCCCCCCC(O)[C@@H](O)[C@H](CO)NC(C)=O. The summed E-state index contributed by atoms with van der Waals surface area (Å²) in [5.74, 6) is -0.323. The van der Waals surface area contributed by atoms with E-state index in [4.69, 9.17) is 0 Å². The summed E-state index contributed by atoms with van der Waals surface area (Å²) in [5.41, 5.74) is 0. The standard InChI is InChI=1S/C20H41NO4/c1-3-4-5-6-7-8-9-10-11-12-13-14-15-19(24)20(25)18(16-22)21-17(2)23/h18-20,22,24-25H,3-16H2,1-2H3,(H,21,23)/t18-,19?,20-/m0/s1. The molecule has 0 heterocycles. The Morgan fingerprint density at radius 2 is 1.28 bits per heavy atom. The van der Waals surface area contributed by atoms with Gasteiger partial charge in [0, 0.05) is 6.92 Å². The van der Waals surface area contributed by atoms with Crippen LogP contribution >= 0.6 is 0 Å². The highest BCUT2D eigenvalue weighted by Gasteiger charge is 2.25. The minimum atomic E-state index is -1.12. The van der Waals surface area contributed by atoms with E-state index in [1.54, 1.807) is 0 Å². The minimum Gasteiger partial charge on any atom is -0.394 e. The van der Waals surface area contributed by atoms with Crippen LogP contribution in [-0.4, -0.2) is 46.1 Å². The highest BCUT2D eigenvalue weighted by atomic mass is 16.3. The number of aliphatic hydroxyl groups excluding tert-OH is 3. The van der Waals surface area contributed by atoms with Crippen molar-refractivity contribution in [1.29, 1.82) is 0 Å². The minimum absolute atomic E-state index is 0.323. The van der Waals surface area contributed by atoms with Crippen molar-refractivity contribution in [3.05, 3.63) is 0 Å². The van der Waals surface area contributed by atoms with Crippen LogP contribution in [0.1, 0.15) is 97.3 Å². The Hall–Kier alpha value is -0.650. The molecular weight excluding hydrogens is 318 g/mol. The van der Waals surface area contributed by atoms with Crippen LogP contribution in [0, 0.1) is 0 Å². The zero-order valence-corrected chi connectivity index (χ0v) is 16.4. The third kappa shape index (κ3) is 14.2. The molecule has 4 N–H and O–H groups in total. The smallest absolute Gasteiger partial charge is 0.217 e. The van der Waals surface area contributed by atoms with E-state index in [0.717, 1.165) is 19.3 Å². The number of amides is 1. The zero-order chi connectivity index (χ0) is 18.9. The Balaban J connectivity index is 3.53. The molecule has 0 aromatic carbocycles. The van der Waals surface area contributed by atoms with E-state index < -0.39 is 18.2 Å². The number of unbranched alkanes of at least 4 members (excludes halogenated alkanes) is 11. The van der Waals surface area contributed by atoms with Gasteiger partial charge in [0.15, 0.2) is 0 Å². The monoisotopic (exact) mass is 359 g/mol. The third-order valence-corrected chi connectivity index (χ3v) is 4.75. The molecule has 0 saturated heterocycles. The lowest BCUT2D eigenvalue weighted by molar-refractivity contribution is -0.122. The van der Waals surface area contributed by atoms with E-state index in [-0.39, 0.29) is 12.5 Å². The van der Waals surface area contributed by atoms with Crippen molar-refractivity contribution in [2.45, 2.75) is 116 Å². The van der Waals surface area contributed by atoms with E-state index in [0.29, 0.717) is 6.42 Å². The lowest BCUT2D eigenvalue weighted by Crippen LogP contribution is -2.50. The van der Waals surface area contributed by atoms with Crippen molar-refractivity contribution < 1.29 is 20.1 Å². The molecule has 0 aliphatic carbocycles. The predicted molar refractivity (Wildman–Crippen MR) is 102 cm³/mol. The summed E-state index contributed by atoms with van der Waals surface area (Å²) < 4.78 is 0. The molecule has 1 unspecified atom stereocenters. The summed E-state index contributed by atoms with van der Waals surface area (Å²) in [4.78, 5) is 11.0. The molecule has 0 aromatic rings. The van der Waals surface area contributed by atoms with Gasteiger partial charge in [0.25, 0.3) is 0 Å². The Labute approximate surface area is 154 Å². The molecule has 0 spiro atoms. The molecule has 0 fully saturated rings. The molecule has 1 amide bonds. The molecule has 0 radical (unpaired) electrons. The van der Waals surface area contributed by atoms with E-state index in [2.05, 4.69) is 12.2 Å². The summed E-state index contributed by atoms with van der Waals surface area (Å²) in [6, 6.07) is -0.801. The van der Waals surface area contributed by atoms with Crippen LogP contribution in [0.3, 0.4) is 0 Å². The highest BCUT2D eigenvalue weighted by Crippen LogP contribution is 2.14. The van der Waals surface area contributed by atoms with Crippen LogP contribution in [-0.2, 0) is 4.79 Å². The van der Waals surface area contributed by atoms with E-state index >= 15 is 0 Å². The molecule has 150 valence electrons. The number of rotatable bonds is 17. The molecule has 3 atom stereocenters. The first-order valence-corrected chi connectivity index (χ1v) is 10.3. The van der Waals surface area contributed by atoms with E-state index in [1.807, 2.05) is 0 Å². The maximum absolute atomic E-state index is 11.0. The molecule has 0 bridgehead atoms. The molecular formula is C20H41NO4. The lowest BCUT2D eigenvalue weighted by atomic mass is 9.99. The number of carbonyl (C=O) groups excluding carboxylic acids is 1. The first kappa shape index (κ1) is 24.4. The zero-order valence-electron chi connectivity index (χ0n) is 16.4. The average Bonchev–Trinajstić information content (AvgIpc) is 2.59. The fourth-order valence-corrected chi connectivity index (χ4v) is 3.13. The summed E-state index contributed by atoms with van der Waals surface area (Å²) in [7, 11) is 0. The van der Waals surface area contributed by atoms with Gasteiger partial charge < -0.3 is 20.6 Å². The van der Waals surface area contributed by atoms with E-state index in [1.165, 1.54) is 64.7 Å². The van der Waals surface area contributed by atoms with Crippen molar-refractivity contribution in [3.63, 3.8) is 0 Å². The molecule has 0 saturated carbocycles. The van der Waals surface area contributed by atoms with E-state index in [9.17, 15) is 20.1 Å². The fraction of sp³-hybridized carbons (Fsp3) is 0.950. The summed E-state index contributed by atoms with van der Waals surface area (Å²) >= 11 is 0. The van der Waals surface area contributed by atoms with Gasteiger partial charge in [-0.1, -0.05) is 84.0 Å². The molecule has 0 aliphatic heterocycles. The van der Waals surface area contributed by atoms with Gasteiger partial charge in [-0.15, -0.1) is 0 Å². The Morgan fingerprint density at radius 1 is 0.840 bits per heavy atom. The van der Waals surface area contributed by atoms with Gasteiger partial charge in [-0.3, -0.25) is 4.79 Å². The number of hydrogen-bond donors (Lipinski definition) is 4. The molecule has 5 nitrogen and oxygen atoms in total. The molecule has 0 rings (SSSR count). The normalized spacial score (nSPS) is 14.9. The van der Waals surface area contributed by atoms with Crippen molar-refractivity contribution in [1.82, 2.24) is 5.32 Å². The summed E-state index contributed by atoms with van der Waals surface area (Å²) in [6.45, 7) is 3.19. The van der Waals surface area contributed by atoms with Crippen molar-refractivity contribution in [3.8, 4) is 0 Å². The molecule has 5 heteroatoms. The van der Waals surface area contributed by atoms with Gasteiger partial charge in [-0.25, -0.2) is 0 Å². The first-order valence-electron chi connectivity index (χ1n) is 10.3. The Morgan fingerprint density at radius 3 is 1.68 bits per heavy atom. The number of carbonyl (C=O) groups is 1. The molecule has 0 aliphatic rings. The largest absolute Gasteiger partial charge is 0.394 e. The average molecular weight is 360 g/mol. The van der Waals surface area contributed by atoms with Crippen molar-refractivity contribution >= 4 is 5.91 Å². The van der Waals surface area contributed by atoms with Gasteiger partial charge in [0.1, 0.15) is 6.10 Å². The lowest BCUT2D eigenvalue weighted by Gasteiger charge is -2.25. The second-order valence-electron chi connectivity index (χ2n) is 7.23. The quantitative estimate of drug-likeness (QED) is 0.300. The second-order valence-corrected chi connectivity index (χ2v) is 7.23. The number of aliphatic hydroxyl groups is 3. The van der Waals surface area contributed by atoms with Crippen molar-refractivity contribution in [2.24, 2.45) is 0 Å². The van der Waals surface area contributed by atoms with Crippen LogP contribution in [0.4, 0.5) is 0 Å². The Bertz CT molecular complexity index is 312. The molecule has 25 heavy (non-hydrogen) atoms. The fourth-order valence-electron chi connectivity index (χ4n) is 3.13. The highest BCUT2D eigenvalue weighted by molar-refractivity contribution is 5.73. The van der Waals surface area contributed by atoms with Gasteiger partial charge in [0.05, 0.1) is 18.8 Å². The van der Waals surface area contributed by atoms with Gasteiger partial charge in [-0.2, -0.15) is 0 Å². The predicted octanol–water partition coefficient (Wildman–Crippen LogP) is 3.30. The maximum atomic E-state index is 11.0. The second kappa shape index (κ2) is 16.8. The summed E-state index contributed by atoms with van der Waals surface area (Å²) in [5, 5.41) is 31.6. The van der Waals surface area contributed by atoms with Gasteiger partial charge in [0.2, 0.25) is 5.91 Å². The van der Waals surface area contributed by atoms with Gasteiger partial charge in [-0.05, 0) is 6.42 Å². The number of nitrogens with one attached hydrogen (secondary N) is 1. The van der Waals surface area contributed by atoms with Crippen LogP contribution < -0.4 is 5.32 Å².